The van der Waals surface area contributed by atoms with Crippen LogP contribution in [-0.2, 0) is 22.8 Å². The molecule has 2 atom stereocenters. The second-order valence-electron chi connectivity index (χ2n) is 6.32. The van der Waals surface area contributed by atoms with Crippen LogP contribution >= 0.6 is 15.9 Å². The number of carboxylic acid groups (broad SMARTS) is 1. The summed E-state index contributed by atoms with van der Waals surface area (Å²) in [6, 6.07) is 6.13. The third kappa shape index (κ3) is 3.71. The first kappa shape index (κ1) is 19.4. The number of halogens is 4. The summed E-state index contributed by atoms with van der Waals surface area (Å²) in [5, 5.41) is 15.1. The van der Waals surface area contributed by atoms with Gasteiger partial charge in [-0.1, -0.05) is 28.1 Å². The van der Waals surface area contributed by atoms with E-state index in [4.69, 9.17) is 5.11 Å². The Labute approximate surface area is 160 Å². The lowest BCUT2D eigenvalue weighted by atomic mass is 9.73. The standard InChI is InChI=1S/C17H15BrF3N3O3/c1-24-14(22-15(25)10-6-7-11(10)16(26)27)12(13(23-24)17(19,20)21)8-2-4-9(18)5-3-8/h2-5,10-11H,6-7H2,1H3,(H,22,25)(H,26,27)/t10-,11-/m0/s1. The number of benzene rings is 1. The zero-order valence-corrected chi connectivity index (χ0v) is 15.6. The fraction of sp³-hybridized carbons (Fsp3) is 0.353. The lowest BCUT2D eigenvalue weighted by Gasteiger charge is -2.32. The van der Waals surface area contributed by atoms with Crippen molar-refractivity contribution in [3.05, 3.63) is 34.4 Å². The smallest absolute Gasteiger partial charge is 0.435 e. The van der Waals surface area contributed by atoms with Crippen molar-refractivity contribution in [2.45, 2.75) is 19.0 Å². The Bertz CT molecular complexity index is 893. The Kier molecular flexibility index (Phi) is 5.02. The number of carbonyl (C=O) groups excluding carboxylic acids is 1. The van der Waals surface area contributed by atoms with Gasteiger partial charge in [0.2, 0.25) is 5.91 Å². The molecule has 1 fully saturated rings. The summed E-state index contributed by atoms with van der Waals surface area (Å²) in [5.74, 6) is -3.43. The summed E-state index contributed by atoms with van der Waals surface area (Å²) >= 11 is 3.23. The second kappa shape index (κ2) is 6.99. The SMILES string of the molecule is Cn1nc(C(F)(F)F)c(-c2ccc(Br)cc2)c1NC(=O)[C@H]1CC[C@@H]1C(=O)O. The molecule has 0 saturated heterocycles. The average molecular weight is 446 g/mol. The number of hydrogen-bond acceptors (Lipinski definition) is 3. The molecule has 0 radical (unpaired) electrons. The molecule has 0 spiro atoms. The number of nitrogens with zero attached hydrogens (tertiary/aromatic N) is 2. The van der Waals surface area contributed by atoms with Gasteiger partial charge in [0, 0.05) is 11.5 Å². The van der Waals surface area contributed by atoms with Crippen LogP contribution in [-0.4, -0.2) is 26.8 Å². The van der Waals surface area contributed by atoms with Crippen LogP contribution in [0.3, 0.4) is 0 Å². The Morgan fingerprint density at radius 2 is 1.81 bits per heavy atom. The van der Waals surface area contributed by atoms with Crippen molar-refractivity contribution in [3.63, 3.8) is 0 Å². The molecule has 3 rings (SSSR count). The van der Waals surface area contributed by atoms with E-state index < -0.39 is 35.6 Å². The molecular formula is C17H15BrF3N3O3. The van der Waals surface area contributed by atoms with Gasteiger partial charge in [0.15, 0.2) is 5.69 Å². The first-order chi connectivity index (χ1) is 12.6. The molecular weight excluding hydrogens is 431 g/mol. The molecule has 0 unspecified atom stereocenters. The number of aromatic nitrogens is 2. The van der Waals surface area contributed by atoms with E-state index >= 15 is 0 Å². The number of amides is 1. The van der Waals surface area contributed by atoms with Crippen molar-refractivity contribution in [2.75, 3.05) is 5.32 Å². The minimum Gasteiger partial charge on any atom is -0.481 e. The van der Waals surface area contributed by atoms with E-state index in [9.17, 15) is 22.8 Å². The van der Waals surface area contributed by atoms with Crippen LogP contribution in [0, 0.1) is 11.8 Å². The van der Waals surface area contributed by atoms with Crippen LogP contribution in [0.4, 0.5) is 19.0 Å². The Hall–Kier alpha value is -2.36. The summed E-state index contributed by atoms with van der Waals surface area (Å²) in [7, 11) is 1.29. The van der Waals surface area contributed by atoms with Gasteiger partial charge in [0.1, 0.15) is 5.82 Å². The first-order valence-electron chi connectivity index (χ1n) is 8.03. The fourth-order valence-electron chi connectivity index (χ4n) is 3.07. The van der Waals surface area contributed by atoms with Gasteiger partial charge in [-0.15, -0.1) is 0 Å². The number of anilines is 1. The molecule has 1 aliphatic rings. The van der Waals surface area contributed by atoms with E-state index in [-0.39, 0.29) is 16.9 Å². The predicted molar refractivity (Wildman–Crippen MR) is 93.8 cm³/mol. The molecule has 144 valence electrons. The topological polar surface area (TPSA) is 84.2 Å². The molecule has 1 aromatic heterocycles. The molecule has 2 N–H and O–H groups in total. The molecule has 1 heterocycles. The lowest BCUT2D eigenvalue weighted by molar-refractivity contribution is -0.151. The monoisotopic (exact) mass is 445 g/mol. The average Bonchev–Trinajstić information content (AvgIpc) is 2.83. The van der Waals surface area contributed by atoms with Crippen LogP contribution in [0.2, 0.25) is 0 Å². The highest BCUT2D eigenvalue weighted by Gasteiger charge is 2.43. The van der Waals surface area contributed by atoms with Crippen molar-refractivity contribution < 1.29 is 27.9 Å². The number of hydrogen-bond donors (Lipinski definition) is 2. The van der Waals surface area contributed by atoms with E-state index in [0.29, 0.717) is 17.3 Å². The van der Waals surface area contributed by atoms with Crippen LogP contribution in [0.1, 0.15) is 18.5 Å². The molecule has 0 aliphatic heterocycles. The number of alkyl halides is 3. The number of carbonyl (C=O) groups is 2. The Balaban J connectivity index is 2.02. The highest BCUT2D eigenvalue weighted by molar-refractivity contribution is 9.10. The number of aryl methyl sites for hydroxylation is 1. The zero-order chi connectivity index (χ0) is 19.9. The molecule has 1 aromatic carbocycles. The van der Waals surface area contributed by atoms with Gasteiger partial charge in [-0.3, -0.25) is 14.3 Å². The van der Waals surface area contributed by atoms with Gasteiger partial charge in [-0.25, -0.2) is 0 Å². The predicted octanol–water partition coefficient (Wildman–Crippen LogP) is 3.92. The van der Waals surface area contributed by atoms with Crippen LogP contribution in [0.25, 0.3) is 11.1 Å². The molecule has 2 aromatic rings. The third-order valence-electron chi connectivity index (χ3n) is 4.62. The van der Waals surface area contributed by atoms with Crippen LogP contribution in [0.15, 0.2) is 28.7 Å². The fourth-order valence-corrected chi connectivity index (χ4v) is 3.34. The van der Waals surface area contributed by atoms with Crippen molar-refractivity contribution in [1.29, 1.82) is 0 Å². The quantitative estimate of drug-likeness (QED) is 0.746. The largest absolute Gasteiger partial charge is 0.481 e. The molecule has 1 saturated carbocycles. The molecule has 27 heavy (non-hydrogen) atoms. The summed E-state index contributed by atoms with van der Waals surface area (Å²) in [6.45, 7) is 0. The van der Waals surface area contributed by atoms with Gasteiger partial charge in [0.25, 0.3) is 0 Å². The molecule has 1 aliphatic carbocycles. The van der Waals surface area contributed by atoms with Gasteiger partial charge in [-0.05, 0) is 30.5 Å². The van der Waals surface area contributed by atoms with E-state index in [1.165, 1.54) is 19.2 Å². The van der Waals surface area contributed by atoms with Crippen molar-refractivity contribution in [1.82, 2.24) is 9.78 Å². The van der Waals surface area contributed by atoms with Gasteiger partial charge < -0.3 is 10.4 Å². The number of nitrogens with one attached hydrogen (secondary N) is 1. The lowest BCUT2D eigenvalue weighted by Crippen LogP contribution is -2.41. The van der Waals surface area contributed by atoms with Gasteiger partial charge >= 0.3 is 12.1 Å². The number of carboxylic acids is 1. The molecule has 1 amide bonds. The highest BCUT2D eigenvalue weighted by atomic mass is 79.9. The van der Waals surface area contributed by atoms with Crippen LogP contribution in [0.5, 0.6) is 0 Å². The molecule has 0 bridgehead atoms. The highest BCUT2D eigenvalue weighted by Crippen LogP contribution is 2.42. The van der Waals surface area contributed by atoms with Gasteiger partial charge in [0.05, 0.1) is 17.4 Å². The van der Waals surface area contributed by atoms with E-state index in [2.05, 4.69) is 26.3 Å². The summed E-state index contributed by atoms with van der Waals surface area (Å²) in [5.41, 5.74) is -1.14. The summed E-state index contributed by atoms with van der Waals surface area (Å²) in [4.78, 5) is 23.6. The maximum absolute atomic E-state index is 13.5. The zero-order valence-electron chi connectivity index (χ0n) is 14.0. The number of aliphatic carboxylic acids is 1. The van der Waals surface area contributed by atoms with E-state index in [1.54, 1.807) is 12.1 Å². The minimum absolute atomic E-state index is 0.120. The minimum atomic E-state index is -4.72. The summed E-state index contributed by atoms with van der Waals surface area (Å²) < 4.78 is 42.1. The third-order valence-corrected chi connectivity index (χ3v) is 5.15. The maximum Gasteiger partial charge on any atom is 0.435 e. The first-order valence-corrected chi connectivity index (χ1v) is 8.82. The second-order valence-corrected chi connectivity index (χ2v) is 7.23. The van der Waals surface area contributed by atoms with Crippen LogP contribution < -0.4 is 5.32 Å². The Morgan fingerprint density at radius 3 is 2.30 bits per heavy atom. The van der Waals surface area contributed by atoms with Crippen molar-refractivity contribution in [2.24, 2.45) is 18.9 Å². The Morgan fingerprint density at radius 1 is 1.22 bits per heavy atom. The molecule has 6 nitrogen and oxygen atoms in total. The summed E-state index contributed by atoms with van der Waals surface area (Å²) in [6.07, 6.45) is -3.98. The van der Waals surface area contributed by atoms with Gasteiger partial charge in [-0.2, -0.15) is 18.3 Å². The normalized spacial score (nSPS) is 19.4. The van der Waals surface area contributed by atoms with E-state index in [0.717, 1.165) is 4.68 Å². The van der Waals surface area contributed by atoms with Crippen molar-refractivity contribution in [3.8, 4) is 11.1 Å². The molecule has 10 heteroatoms. The number of rotatable bonds is 4. The maximum atomic E-state index is 13.5. The van der Waals surface area contributed by atoms with E-state index in [1.807, 2.05) is 0 Å². The van der Waals surface area contributed by atoms with Crippen molar-refractivity contribution >= 4 is 33.6 Å².